The molecule has 1 heterocycles. The van der Waals surface area contributed by atoms with Crippen LogP contribution in [0.5, 0.6) is 17.2 Å². The molecule has 3 aromatic carbocycles. The van der Waals surface area contributed by atoms with Crippen LogP contribution in [0, 0.1) is 6.92 Å². The third-order valence-corrected chi connectivity index (χ3v) is 6.29. The second-order valence-electron chi connectivity index (χ2n) is 8.30. The van der Waals surface area contributed by atoms with Gasteiger partial charge in [0.1, 0.15) is 6.04 Å². The minimum Gasteiger partial charge on any atom is -0.493 e. The van der Waals surface area contributed by atoms with E-state index in [9.17, 15) is 4.79 Å². The first-order chi connectivity index (χ1) is 16.5. The van der Waals surface area contributed by atoms with Crippen molar-refractivity contribution in [3.8, 4) is 17.2 Å². The molecular formula is C27H31N2O5+. The first-order valence-corrected chi connectivity index (χ1v) is 11.1. The van der Waals surface area contributed by atoms with Gasteiger partial charge < -0.3 is 24.3 Å². The van der Waals surface area contributed by atoms with Crippen LogP contribution in [0.15, 0.2) is 60.7 Å². The van der Waals surface area contributed by atoms with E-state index in [1.54, 1.807) is 21.3 Å². The van der Waals surface area contributed by atoms with Gasteiger partial charge in [0, 0.05) is 22.4 Å². The number of carbonyl (C=O) groups excluding carboxylic acids is 1. The van der Waals surface area contributed by atoms with Crippen molar-refractivity contribution < 1.29 is 28.6 Å². The van der Waals surface area contributed by atoms with E-state index in [0.29, 0.717) is 17.2 Å². The van der Waals surface area contributed by atoms with E-state index >= 15 is 0 Å². The van der Waals surface area contributed by atoms with Crippen LogP contribution in [-0.2, 0) is 9.53 Å². The summed E-state index contributed by atoms with van der Waals surface area (Å²) in [6.07, 6.45) is -0.284. The summed E-state index contributed by atoms with van der Waals surface area (Å²) >= 11 is 0. The minimum atomic E-state index is -0.286. The monoisotopic (exact) mass is 463 g/mol. The highest BCUT2D eigenvalue weighted by Crippen LogP contribution is 2.41. The quantitative estimate of drug-likeness (QED) is 0.524. The first kappa shape index (κ1) is 23.4. The average molecular weight is 464 g/mol. The highest BCUT2D eigenvalue weighted by atomic mass is 16.5. The summed E-state index contributed by atoms with van der Waals surface area (Å²) < 4.78 is 21.8. The van der Waals surface area contributed by atoms with Gasteiger partial charge in [0.15, 0.2) is 24.2 Å². The molecule has 0 spiro atoms. The van der Waals surface area contributed by atoms with Gasteiger partial charge in [-0.2, -0.15) is 0 Å². The third-order valence-electron chi connectivity index (χ3n) is 6.29. The van der Waals surface area contributed by atoms with Crippen LogP contribution in [0.2, 0.25) is 0 Å². The lowest BCUT2D eigenvalue weighted by Crippen LogP contribution is -3.15. The molecule has 7 nitrogen and oxygen atoms in total. The number of aryl methyl sites for hydroxylation is 1. The van der Waals surface area contributed by atoms with E-state index in [-0.39, 0.29) is 24.7 Å². The summed E-state index contributed by atoms with van der Waals surface area (Å²) in [4.78, 5) is 13.6. The number of rotatable bonds is 7. The maximum atomic E-state index is 12.6. The van der Waals surface area contributed by atoms with Gasteiger partial charge in [-0.1, -0.05) is 42.0 Å². The summed E-state index contributed by atoms with van der Waals surface area (Å²) in [6, 6.07) is 20.4. The molecule has 2 N–H and O–H groups in total. The fourth-order valence-electron chi connectivity index (χ4n) is 4.71. The van der Waals surface area contributed by atoms with Gasteiger partial charge in [0.05, 0.1) is 28.4 Å². The van der Waals surface area contributed by atoms with Crippen molar-refractivity contribution in [2.75, 3.05) is 40.3 Å². The number of esters is 1. The van der Waals surface area contributed by atoms with Gasteiger partial charge in [-0.15, -0.1) is 0 Å². The molecule has 1 unspecified atom stereocenters. The molecular weight excluding hydrogens is 432 g/mol. The summed E-state index contributed by atoms with van der Waals surface area (Å²) in [5.74, 6) is 1.35. The SMILES string of the molecule is COC(=O)C[NH+]1[C@H](c2ccccc2)c2cc(C)ccc2N[C@H]1c1cc(OC)c(OC)c(OC)c1. The molecule has 3 aromatic rings. The predicted molar refractivity (Wildman–Crippen MR) is 130 cm³/mol. The number of anilines is 1. The Bertz CT molecular complexity index is 1140. The smallest absolute Gasteiger partial charge is 0.361 e. The van der Waals surface area contributed by atoms with E-state index in [4.69, 9.17) is 18.9 Å². The van der Waals surface area contributed by atoms with Crippen molar-refractivity contribution in [3.05, 3.63) is 82.9 Å². The number of hydrogen-bond donors (Lipinski definition) is 2. The molecule has 0 aliphatic carbocycles. The number of carbonyl (C=O) groups is 1. The van der Waals surface area contributed by atoms with Crippen LogP contribution in [0.4, 0.5) is 5.69 Å². The standard InChI is InChI=1S/C27H30N2O5/c1-17-11-12-21-20(13-17)25(18-9-7-6-8-10-18)29(16-24(30)33-4)27(28-21)19-14-22(31-2)26(34-5)23(15-19)32-3/h6-15,25,27-28H,16H2,1-5H3/p+1/t25-,27-/m1/s1. The molecule has 34 heavy (non-hydrogen) atoms. The van der Waals surface area contributed by atoms with Gasteiger partial charge in [0.25, 0.3) is 0 Å². The predicted octanol–water partition coefficient (Wildman–Crippen LogP) is 3.29. The van der Waals surface area contributed by atoms with Crippen molar-refractivity contribution in [2.45, 2.75) is 19.1 Å². The Balaban J connectivity index is 1.93. The molecule has 0 radical (unpaired) electrons. The highest BCUT2D eigenvalue weighted by molar-refractivity contribution is 5.70. The van der Waals surface area contributed by atoms with E-state index in [1.807, 2.05) is 30.3 Å². The minimum absolute atomic E-state index is 0.0967. The molecule has 4 rings (SSSR count). The molecule has 0 saturated heterocycles. The Morgan fingerprint density at radius 1 is 0.882 bits per heavy atom. The molecule has 3 atom stereocenters. The average Bonchev–Trinajstić information content (AvgIpc) is 2.87. The molecule has 0 saturated carbocycles. The molecule has 0 amide bonds. The number of methoxy groups -OCH3 is 4. The maximum absolute atomic E-state index is 12.6. The zero-order valence-corrected chi connectivity index (χ0v) is 20.2. The lowest BCUT2D eigenvalue weighted by Gasteiger charge is -2.41. The lowest BCUT2D eigenvalue weighted by atomic mass is 9.90. The Hall–Kier alpha value is -3.71. The maximum Gasteiger partial charge on any atom is 0.361 e. The van der Waals surface area contributed by atoms with Gasteiger partial charge in [-0.25, -0.2) is 4.79 Å². The summed E-state index contributed by atoms with van der Waals surface area (Å²) in [6.45, 7) is 2.24. The van der Waals surface area contributed by atoms with Crippen molar-refractivity contribution in [1.29, 1.82) is 0 Å². The molecule has 0 fully saturated rings. The van der Waals surface area contributed by atoms with Crippen LogP contribution < -0.4 is 24.4 Å². The Morgan fingerprint density at radius 2 is 1.56 bits per heavy atom. The van der Waals surface area contributed by atoms with Crippen LogP contribution in [0.25, 0.3) is 0 Å². The highest BCUT2D eigenvalue weighted by Gasteiger charge is 2.41. The lowest BCUT2D eigenvalue weighted by molar-refractivity contribution is -0.947. The van der Waals surface area contributed by atoms with E-state index < -0.39 is 0 Å². The fourth-order valence-corrected chi connectivity index (χ4v) is 4.71. The summed E-state index contributed by atoms with van der Waals surface area (Å²) in [5.41, 5.74) is 5.33. The number of quaternary nitrogens is 1. The zero-order valence-electron chi connectivity index (χ0n) is 20.2. The van der Waals surface area contributed by atoms with Crippen molar-refractivity contribution in [1.82, 2.24) is 0 Å². The van der Waals surface area contributed by atoms with Gasteiger partial charge in [-0.05, 0) is 31.2 Å². The molecule has 0 bridgehead atoms. The van der Waals surface area contributed by atoms with Gasteiger partial charge in [-0.3, -0.25) is 4.90 Å². The zero-order chi connectivity index (χ0) is 24.2. The number of ether oxygens (including phenoxy) is 4. The molecule has 1 aliphatic heterocycles. The number of benzene rings is 3. The Morgan fingerprint density at radius 3 is 2.15 bits per heavy atom. The summed E-state index contributed by atoms with van der Waals surface area (Å²) in [5, 5.41) is 3.66. The van der Waals surface area contributed by atoms with Crippen LogP contribution >= 0.6 is 0 Å². The fraction of sp³-hybridized carbons (Fsp3) is 0.296. The Labute approximate surface area is 200 Å². The van der Waals surface area contributed by atoms with Gasteiger partial charge >= 0.3 is 5.97 Å². The van der Waals surface area contributed by atoms with E-state index in [2.05, 4.69) is 42.6 Å². The topological polar surface area (TPSA) is 70.5 Å². The molecule has 178 valence electrons. The van der Waals surface area contributed by atoms with Crippen LogP contribution in [-0.4, -0.2) is 41.0 Å². The number of nitrogens with one attached hydrogen (secondary N) is 2. The number of hydrogen-bond acceptors (Lipinski definition) is 6. The molecule has 7 heteroatoms. The largest absolute Gasteiger partial charge is 0.493 e. The van der Waals surface area contributed by atoms with Crippen LogP contribution in [0.1, 0.15) is 34.5 Å². The third kappa shape index (κ3) is 4.39. The number of fused-ring (bicyclic) bond motifs is 1. The van der Waals surface area contributed by atoms with E-state index in [0.717, 1.165) is 32.8 Å². The van der Waals surface area contributed by atoms with Crippen molar-refractivity contribution in [2.24, 2.45) is 0 Å². The van der Waals surface area contributed by atoms with Crippen LogP contribution in [0.3, 0.4) is 0 Å². The van der Waals surface area contributed by atoms with Gasteiger partial charge in [0.2, 0.25) is 5.75 Å². The van der Waals surface area contributed by atoms with E-state index in [1.165, 1.54) is 7.11 Å². The Kier molecular flexibility index (Phi) is 6.93. The normalized spacial score (nSPS) is 18.9. The van der Waals surface area contributed by atoms with Crippen molar-refractivity contribution in [3.63, 3.8) is 0 Å². The van der Waals surface area contributed by atoms with Crippen molar-refractivity contribution >= 4 is 11.7 Å². The molecule has 0 aromatic heterocycles. The second-order valence-corrected chi connectivity index (χ2v) is 8.30. The summed E-state index contributed by atoms with van der Waals surface area (Å²) in [7, 11) is 6.19. The second kappa shape index (κ2) is 10.1. The first-order valence-electron chi connectivity index (χ1n) is 11.1. The molecule has 1 aliphatic rings.